The van der Waals surface area contributed by atoms with Crippen LogP contribution in [0.25, 0.3) is 0 Å². The maximum absolute atomic E-state index is 11.3. The summed E-state index contributed by atoms with van der Waals surface area (Å²) in [5.74, 6) is 0.000283. The van der Waals surface area contributed by atoms with Crippen molar-refractivity contribution in [3.63, 3.8) is 0 Å². The molecule has 1 aliphatic carbocycles. The first-order valence-corrected chi connectivity index (χ1v) is 5.27. The summed E-state index contributed by atoms with van der Waals surface area (Å²) in [7, 11) is 0. The normalized spacial score (nSPS) is 31.8. The van der Waals surface area contributed by atoms with Gasteiger partial charge in [0.05, 0.1) is 0 Å². The summed E-state index contributed by atoms with van der Waals surface area (Å²) in [5.41, 5.74) is 2.22. The first kappa shape index (κ1) is 12.2. The molecule has 0 saturated heterocycles. The van der Waals surface area contributed by atoms with Crippen molar-refractivity contribution in [3.8, 4) is 0 Å². The maximum atomic E-state index is 11.3. The standard InChI is InChI=1S/C15H16O/c1-13-7-3-4-8-14(2)10-6-12-15(16)11-5-9-13/h3-12H,1-2H3/b7-3+,8-4+,11-5+,12-6+,13-9-,14-10-. The molecule has 0 aliphatic heterocycles. The molecule has 0 amide bonds. The van der Waals surface area contributed by atoms with E-state index in [1.54, 1.807) is 24.3 Å². The molecule has 16 heavy (non-hydrogen) atoms. The molecule has 82 valence electrons. The lowest BCUT2D eigenvalue weighted by Gasteiger charge is -1.87. The van der Waals surface area contributed by atoms with Gasteiger partial charge in [-0.2, -0.15) is 0 Å². The molecule has 1 heteroatoms. The third kappa shape index (κ3) is 5.11. The largest absolute Gasteiger partial charge is 0.290 e. The van der Waals surface area contributed by atoms with E-state index in [2.05, 4.69) is 0 Å². The molecule has 0 aromatic heterocycles. The average molecular weight is 212 g/mol. The molecule has 0 saturated carbocycles. The second kappa shape index (κ2) is 6.57. The van der Waals surface area contributed by atoms with E-state index in [9.17, 15) is 4.79 Å². The second-order valence-electron chi connectivity index (χ2n) is 3.66. The van der Waals surface area contributed by atoms with Crippen molar-refractivity contribution < 1.29 is 4.79 Å². The Balaban J connectivity index is 2.97. The lowest BCUT2D eigenvalue weighted by molar-refractivity contribution is -0.110. The summed E-state index contributed by atoms with van der Waals surface area (Å²) in [4.78, 5) is 11.3. The highest BCUT2D eigenvalue weighted by Crippen LogP contribution is 2.00. The van der Waals surface area contributed by atoms with Crippen molar-refractivity contribution in [2.24, 2.45) is 0 Å². The molecule has 1 nitrogen and oxygen atoms in total. The van der Waals surface area contributed by atoms with Crippen LogP contribution in [0.5, 0.6) is 0 Å². The molecular formula is C15H16O. The van der Waals surface area contributed by atoms with E-state index >= 15 is 0 Å². The second-order valence-corrected chi connectivity index (χ2v) is 3.66. The van der Waals surface area contributed by atoms with E-state index in [0.717, 1.165) is 11.1 Å². The summed E-state index contributed by atoms with van der Waals surface area (Å²) < 4.78 is 0. The van der Waals surface area contributed by atoms with Gasteiger partial charge in [-0.05, 0) is 26.0 Å². The van der Waals surface area contributed by atoms with E-state index in [4.69, 9.17) is 0 Å². The van der Waals surface area contributed by atoms with Crippen LogP contribution in [0, 0.1) is 0 Å². The number of hydrogen-bond donors (Lipinski definition) is 0. The lowest BCUT2D eigenvalue weighted by Crippen LogP contribution is -1.83. The average Bonchev–Trinajstić information content (AvgIpc) is 2.24. The highest BCUT2D eigenvalue weighted by Gasteiger charge is 1.86. The molecule has 0 heterocycles. The topological polar surface area (TPSA) is 17.1 Å². The van der Waals surface area contributed by atoms with Crippen LogP contribution in [0.4, 0.5) is 0 Å². The molecule has 0 aromatic carbocycles. The van der Waals surface area contributed by atoms with Gasteiger partial charge in [-0.25, -0.2) is 0 Å². The lowest BCUT2D eigenvalue weighted by atomic mass is 10.2. The molecule has 1 rings (SSSR count). The zero-order chi connectivity index (χ0) is 11.8. The number of carbonyl (C=O) groups excluding carboxylic acids is 1. The molecule has 0 radical (unpaired) electrons. The Bertz CT molecular complexity index is 386. The minimum absolute atomic E-state index is 0.000283. The van der Waals surface area contributed by atoms with Crippen molar-refractivity contribution in [2.75, 3.05) is 0 Å². The number of ketones is 1. The molecule has 1 aliphatic rings. The highest BCUT2D eigenvalue weighted by molar-refractivity contribution is 5.99. The van der Waals surface area contributed by atoms with Gasteiger partial charge in [0.2, 0.25) is 0 Å². The zero-order valence-corrected chi connectivity index (χ0v) is 9.68. The van der Waals surface area contributed by atoms with E-state index in [1.807, 2.05) is 50.3 Å². The Morgan fingerprint density at radius 3 is 1.56 bits per heavy atom. The summed E-state index contributed by atoms with van der Waals surface area (Å²) in [6, 6.07) is 0. The molecule has 0 aromatic rings. The predicted molar refractivity (Wildman–Crippen MR) is 69.1 cm³/mol. The van der Waals surface area contributed by atoms with Crippen LogP contribution in [-0.2, 0) is 4.79 Å². The first-order valence-electron chi connectivity index (χ1n) is 5.27. The number of carbonyl (C=O) groups is 1. The van der Waals surface area contributed by atoms with Gasteiger partial charge < -0.3 is 0 Å². The Morgan fingerprint density at radius 2 is 1.12 bits per heavy atom. The maximum Gasteiger partial charge on any atom is 0.178 e. The fourth-order valence-electron chi connectivity index (χ4n) is 1.17. The minimum atomic E-state index is 0.000283. The van der Waals surface area contributed by atoms with Crippen LogP contribution in [0.2, 0.25) is 0 Å². The van der Waals surface area contributed by atoms with E-state index < -0.39 is 0 Å². The fourth-order valence-corrected chi connectivity index (χ4v) is 1.17. The van der Waals surface area contributed by atoms with Crippen LogP contribution in [0.15, 0.2) is 71.9 Å². The summed E-state index contributed by atoms with van der Waals surface area (Å²) in [6.45, 7) is 3.99. The third-order valence-corrected chi connectivity index (χ3v) is 2.07. The SMILES string of the molecule is CC1=C/C=C/C(=O)/C=C/C=C(C)\C=C\C=C\1. The van der Waals surface area contributed by atoms with Crippen LogP contribution < -0.4 is 0 Å². The number of rotatable bonds is 0. The van der Waals surface area contributed by atoms with Crippen LogP contribution in [0.1, 0.15) is 13.8 Å². The van der Waals surface area contributed by atoms with Crippen LogP contribution >= 0.6 is 0 Å². The smallest absolute Gasteiger partial charge is 0.178 e. The Morgan fingerprint density at radius 1 is 0.688 bits per heavy atom. The first-order chi connectivity index (χ1) is 7.68. The van der Waals surface area contributed by atoms with Crippen molar-refractivity contribution >= 4 is 5.78 Å². The zero-order valence-electron chi connectivity index (χ0n) is 9.68. The van der Waals surface area contributed by atoms with Crippen molar-refractivity contribution in [1.82, 2.24) is 0 Å². The van der Waals surface area contributed by atoms with Gasteiger partial charge in [0.25, 0.3) is 0 Å². The van der Waals surface area contributed by atoms with Gasteiger partial charge in [-0.15, -0.1) is 0 Å². The Kier molecular flexibility index (Phi) is 5.00. The van der Waals surface area contributed by atoms with E-state index in [0.29, 0.717) is 0 Å². The predicted octanol–water partition coefficient (Wildman–Crippen LogP) is 3.69. The molecule has 0 atom stereocenters. The molecular weight excluding hydrogens is 196 g/mol. The number of hydrogen-bond acceptors (Lipinski definition) is 1. The Labute approximate surface area is 96.9 Å². The Hall–Kier alpha value is -1.89. The summed E-state index contributed by atoms with van der Waals surface area (Å²) in [5, 5.41) is 0. The fraction of sp³-hybridized carbons (Fsp3) is 0.133. The van der Waals surface area contributed by atoms with Gasteiger partial charge in [0, 0.05) is 0 Å². The molecule has 0 fully saturated rings. The van der Waals surface area contributed by atoms with Gasteiger partial charge in [-0.3, -0.25) is 4.79 Å². The molecule has 0 unspecified atom stereocenters. The highest BCUT2D eigenvalue weighted by atomic mass is 16.1. The van der Waals surface area contributed by atoms with Gasteiger partial charge in [0.1, 0.15) is 0 Å². The summed E-state index contributed by atoms with van der Waals surface area (Å²) >= 11 is 0. The van der Waals surface area contributed by atoms with Crippen molar-refractivity contribution in [3.05, 3.63) is 71.9 Å². The van der Waals surface area contributed by atoms with Gasteiger partial charge in [-0.1, -0.05) is 59.8 Å². The number of allylic oxidation sites excluding steroid dienone is 12. The monoisotopic (exact) mass is 212 g/mol. The van der Waals surface area contributed by atoms with Crippen molar-refractivity contribution in [2.45, 2.75) is 13.8 Å². The quantitative estimate of drug-likeness (QED) is 0.598. The third-order valence-electron chi connectivity index (χ3n) is 2.07. The molecule has 0 N–H and O–H groups in total. The molecule has 0 spiro atoms. The van der Waals surface area contributed by atoms with E-state index in [-0.39, 0.29) is 5.78 Å². The van der Waals surface area contributed by atoms with Gasteiger partial charge >= 0.3 is 0 Å². The van der Waals surface area contributed by atoms with E-state index in [1.165, 1.54) is 0 Å². The minimum Gasteiger partial charge on any atom is -0.290 e. The van der Waals surface area contributed by atoms with Crippen LogP contribution in [-0.4, -0.2) is 5.78 Å². The van der Waals surface area contributed by atoms with Crippen LogP contribution in [0.3, 0.4) is 0 Å². The summed E-state index contributed by atoms with van der Waals surface area (Å²) in [6.07, 6.45) is 18.5. The van der Waals surface area contributed by atoms with Gasteiger partial charge in [0.15, 0.2) is 5.78 Å². The van der Waals surface area contributed by atoms with Crippen molar-refractivity contribution in [1.29, 1.82) is 0 Å². The molecule has 0 bridgehead atoms.